The number of hydrogen-bond acceptors (Lipinski definition) is 5. The Morgan fingerprint density at radius 2 is 1.85 bits per heavy atom. The summed E-state index contributed by atoms with van der Waals surface area (Å²) in [5.74, 6) is 1.65. The zero-order valence-corrected chi connectivity index (χ0v) is 21.8. The molecule has 4 rings (SSSR count). The lowest BCUT2D eigenvalue weighted by Crippen LogP contribution is -2.41. The normalized spacial score (nSPS) is 22.9. The number of carbonyl (C=O) groups is 1. The molecule has 1 saturated carbocycles. The molecule has 1 aromatic heterocycles. The van der Waals surface area contributed by atoms with E-state index in [1.165, 1.54) is 74.2 Å². The van der Waals surface area contributed by atoms with Gasteiger partial charge in [-0.1, -0.05) is 55.7 Å². The van der Waals surface area contributed by atoms with Crippen LogP contribution in [0.4, 0.5) is 5.13 Å². The van der Waals surface area contributed by atoms with Gasteiger partial charge in [0, 0.05) is 17.3 Å². The van der Waals surface area contributed by atoms with Crippen LogP contribution in [-0.2, 0) is 17.6 Å². The van der Waals surface area contributed by atoms with Crippen molar-refractivity contribution in [3.63, 3.8) is 0 Å². The molecule has 0 saturated heterocycles. The molecule has 2 N–H and O–H groups in total. The zero-order valence-electron chi connectivity index (χ0n) is 21.0. The number of aromatic nitrogens is 1. The molecule has 2 aromatic rings. The number of anilines is 1. The highest BCUT2D eigenvalue weighted by molar-refractivity contribution is 7.15. The van der Waals surface area contributed by atoms with E-state index in [0.717, 1.165) is 29.5 Å². The van der Waals surface area contributed by atoms with Crippen molar-refractivity contribution in [3.8, 4) is 0 Å². The Labute approximate surface area is 209 Å². The molecule has 0 amide bonds. The van der Waals surface area contributed by atoms with Crippen molar-refractivity contribution in [1.82, 2.24) is 9.88 Å². The smallest absolute Gasteiger partial charge is 0.180 e. The first-order valence-corrected chi connectivity index (χ1v) is 14.1. The Hall–Kier alpha value is -1.98. The topological polar surface area (TPSA) is 59.2 Å². The van der Waals surface area contributed by atoms with Crippen molar-refractivity contribution in [2.75, 3.05) is 18.8 Å². The molecule has 1 atom stereocenters. The number of benzene rings is 1. The molecule has 0 aliphatic heterocycles. The van der Waals surface area contributed by atoms with Crippen LogP contribution in [0.2, 0.25) is 0 Å². The Bertz CT molecular complexity index is 956. The van der Waals surface area contributed by atoms with Gasteiger partial charge in [0.2, 0.25) is 0 Å². The Morgan fingerprint density at radius 1 is 1.12 bits per heavy atom. The van der Waals surface area contributed by atoms with E-state index in [1.54, 1.807) is 17.4 Å². The van der Waals surface area contributed by atoms with Crippen LogP contribution in [0.25, 0.3) is 6.08 Å². The van der Waals surface area contributed by atoms with Crippen molar-refractivity contribution in [2.24, 2.45) is 11.8 Å². The Morgan fingerprint density at radius 3 is 2.59 bits per heavy atom. The highest BCUT2D eigenvalue weighted by Crippen LogP contribution is 2.34. The van der Waals surface area contributed by atoms with Crippen molar-refractivity contribution in [3.05, 3.63) is 52.0 Å². The van der Waals surface area contributed by atoms with E-state index < -0.39 is 0 Å². The second-order valence-electron chi connectivity index (χ2n) is 10.4. The number of allylic oxidation sites excluding steroid dienone is 1. The van der Waals surface area contributed by atoms with Crippen molar-refractivity contribution in [2.45, 2.75) is 84.1 Å². The van der Waals surface area contributed by atoms with Gasteiger partial charge in [-0.15, -0.1) is 11.3 Å². The summed E-state index contributed by atoms with van der Waals surface area (Å²) in [6.07, 6.45) is 15.3. The number of aryl methyl sites for hydroxylation is 2. The lowest BCUT2D eigenvalue weighted by Gasteiger charge is -2.36. The molecular weight excluding hydrogens is 438 g/mol. The van der Waals surface area contributed by atoms with Crippen molar-refractivity contribution >= 4 is 28.3 Å². The van der Waals surface area contributed by atoms with Crippen LogP contribution in [0.5, 0.6) is 0 Å². The molecule has 2 aliphatic carbocycles. The van der Waals surface area contributed by atoms with Crippen LogP contribution in [-0.4, -0.2) is 34.8 Å². The first-order valence-electron chi connectivity index (χ1n) is 13.3. The molecule has 4 nitrogen and oxygen atoms in total. The van der Waals surface area contributed by atoms with Gasteiger partial charge >= 0.3 is 0 Å². The number of hydrogen-bond donors (Lipinski definition) is 1. The highest BCUT2D eigenvalue weighted by atomic mass is 32.1. The van der Waals surface area contributed by atoms with Crippen LogP contribution in [0.3, 0.4) is 0 Å². The van der Waals surface area contributed by atoms with E-state index in [1.807, 2.05) is 6.08 Å². The summed E-state index contributed by atoms with van der Waals surface area (Å²) in [6.45, 7) is 6.77. The van der Waals surface area contributed by atoms with Crippen molar-refractivity contribution in [1.29, 1.82) is 0 Å². The van der Waals surface area contributed by atoms with E-state index in [4.69, 9.17) is 5.73 Å². The van der Waals surface area contributed by atoms with E-state index in [2.05, 4.69) is 48.0 Å². The van der Waals surface area contributed by atoms with Gasteiger partial charge in [0.25, 0.3) is 0 Å². The second kappa shape index (κ2) is 12.1. The molecule has 1 heterocycles. The van der Waals surface area contributed by atoms with Crippen LogP contribution in [0.1, 0.15) is 80.0 Å². The fraction of sp³-hybridized carbons (Fsp3) is 0.586. The van der Waals surface area contributed by atoms with E-state index in [0.29, 0.717) is 18.4 Å². The second-order valence-corrected chi connectivity index (χ2v) is 11.6. The van der Waals surface area contributed by atoms with Gasteiger partial charge in [0.05, 0.1) is 5.69 Å². The maximum Gasteiger partial charge on any atom is 0.180 e. The number of ketones is 1. The minimum Gasteiger partial charge on any atom is -0.375 e. The maximum atomic E-state index is 12.5. The number of nitrogen functional groups attached to an aromatic ring is 1. The fourth-order valence-corrected chi connectivity index (χ4v) is 6.69. The average Bonchev–Trinajstić information content (AvgIpc) is 3.21. The Kier molecular flexibility index (Phi) is 8.96. The van der Waals surface area contributed by atoms with Gasteiger partial charge in [0.15, 0.2) is 10.9 Å². The minimum atomic E-state index is 0.276. The molecule has 1 unspecified atom stereocenters. The molecule has 1 fully saturated rings. The predicted octanol–water partition coefficient (Wildman–Crippen LogP) is 6.47. The van der Waals surface area contributed by atoms with Crippen LogP contribution in [0.15, 0.2) is 30.3 Å². The molecule has 0 radical (unpaired) electrons. The number of fused-ring (bicyclic) bond motifs is 1. The van der Waals surface area contributed by atoms with E-state index in [9.17, 15) is 4.79 Å². The molecule has 2 aliphatic rings. The molecule has 0 bridgehead atoms. The molecular formula is C29H41N3OS. The van der Waals surface area contributed by atoms with Gasteiger partial charge in [-0.3, -0.25) is 4.79 Å². The average molecular weight is 480 g/mol. The van der Waals surface area contributed by atoms with Gasteiger partial charge in [-0.05, 0) is 88.4 Å². The van der Waals surface area contributed by atoms with Crippen LogP contribution >= 0.6 is 11.3 Å². The zero-order chi connectivity index (χ0) is 23.9. The molecule has 184 valence electrons. The van der Waals surface area contributed by atoms with E-state index >= 15 is 0 Å². The lowest BCUT2D eigenvalue weighted by atomic mass is 9.78. The third-order valence-electron chi connectivity index (χ3n) is 7.78. The first-order chi connectivity index (χ1) is 16.5. The van der Waals surface area contributed by atoms with Crippen LogP contribution < -0.4 is 5.73 Å². The standard InChI is InChI=1S/C29H41N3OS/c1-3-17-32(25-13-15-27-28(20-25)34-29(30)31-27)18-16-23-8-10-24(11-9-23)19-26(33)14-12-22-6-4-21(2)5-7-22/h4-7,12,14,23-25H,3,8-11,13,15-20H2,1-2H3,(H2,30,31). The molecule has 34 heavy (non-hydrogen) atoms. The van der Waals surface area contributed by atoms with Crippen LogP contribution in [0, 0.1) is 18.8 Å². The van der Waals surface area contributed by atoms with E-state index in [-0.39, 0.29) is 5.78 Å². The molecule has 5 heteroatoms. The Balaban J connectivity index is 1.19. The monoisotopic (exact) mass is 479 g/mol. The molecule has 1 aromatic carbocycles. The summed E-state index contributed by atoms with van der Waals surface area (Å²) in [7, 11) is 0. The summed E-state index contributed by atoms with van der Waals surface area (Å²) >= 11 is 1.69. The quantitative estimate of drug-likeness (QED) is 0.397. The first kappa shape index (κ1) is 25.1. The minimum absolute atomic E-state index is 0.276. The fourth-order valence-electron chi connectivity index (χ4n) is 5.75. The summed E-state index contributed by atoms with van der Waals surface area (Å²) in [5, 5.41) is 0.730. The number of nitrogens with zero attached hydrogens (tertiary/aromatic N) is 2. The third-order valence-corrected chi connectivity index (χ3v) is 8.73. The largest absolute Gasteiger partial charge is 0.375 e. The van der Waals surface area contributed by atoms with Gasteiger partial charge in [-0.2, -0.15) is 0 Å². The number of thiazole rings is 1. The summed E-state index contributed by atoms with van der Waals surface area (Å²) in [5.41, 5.74) is 9.55. The molecule has 0 spiro atoms. The highest BCUT2D eigenvalue weighted by Gasteiger charge is 2.28. The maximum absolute atomic E-state index is 12.5. The van der Waals surface area contributed by atoms with Gasteiger partial charge in [0.1, 0.15) is 0 Å². The number of carbonyl (C=O) groups excluding carboxylic acids is 1. The SMILES string of the molecule is CCCN(CCC1CCC(CC(=O)C=Cc2ccc(C)cc2)CC1)C1CCc2nc(N)sc2C1. The lowest BCUT2D eigenvalue weighted by molar-refractivity contribution is -0.115. The number of nitrogens with two attached hydrogens (primary N) is 1. The summed E-state index contributed by atoms with van der Waals surface area (Å²) in [4.78, 5) is 21.2. The van der Waals surface area contributed by atoms with Crippen molar-refractivity contribution < 1.29 is 4.79 Å². The predicted molar refractivity (Wildman–Crippen MR) is 144 cm³/mol. The van der Waals surface area contributed by atoms with Gasteiger partial charge < -0.3 is 10.6 Å². The third kappa shape index (κ3) is 7.02. The van der Waals surface area contributed by atoms with Gasteiger partial charge in [-0.25, -0.2) is 4.98 Å². The summed E-state index contributed by atoms with van der Waals surface area (Å²) in [6, 6.07) is 8.97. The summed E-state index contributed by atoms with van der Waals surface area (Å²) < 4.78 is 0. The number of rotatable bonds is 10.